The van der Waals surface area contributed by atoms with Gasteiger partial charge in [-0.3, -0.25) is 9.69 Å². The van der Waals surface area contributed by atoms with Crippen molar-refractivity contribution in [1.82, 2.24) is 4.90 Å². The van der Waals surface area contributed by atoms with Gasteiger partial charge in [-0.1, -0.05) is 23.8 Å². The smallest absolute Gasteiger partial charge is 0.323 e. The van der Waals surface area contributed by atoms with E-state index in [1.807, 2.05) is 6.92 Å². The number of aliphatic carboxylic acids is 1. The van der Waals surface area contributed by atoms with E-state index >= 15 is 0 Å². The Morgan fingerprint density at radius 3 is 2.70 bits per heavy atom. The van der Waals surface area contributed by atoms with Crippen LogP contribution in [-0.2, 0) is 4.79 Å². The lowest BCUT2D eigenvalue weighted by molar-refractivity contribution is -0.155. The van der Waals surface area contributed by atoms with Crippen molar-refractivity contribution in [2.24, 2.45) is 0 Å². The van der Waals surface area contributed by atoms with E-state index in [1.165, 1.54) is 16.7 Å². The van der Waals surface area contributed by atoms with E-state index in [1.54, 1.807) is 0 Å². The summed E-state index contributed by atoms with van der Waals surface area (Å²) in [6.45, 7) is 9.05. The molecule has 20 heavy (non-hydrogen) atoms. The second-order valence-electron chi connectivity index (χ2n) is 6.27. The molecular formula is C17H25NO2. The summed E-state index contributed by atoms with van der Waals surface area (Å²) in [6.07, 6.45) is 2.81. The van der Waals surface area contributed by atoms with Gasteiger partial charge >= 0.3 is 5.97 Å². The summed E-state index contributed by atoms with van der Waals surface area (Å²) in [5.41, 5.74) is 2.97. The van der Waals surface area contributed by atoms with Crippen molar-refractivity contribution in [2.75, 3.05) is 6.54 Å². The molecule has 0 bridgehead atoms. The van der Waals surface area contributed by atoms with Gasteiger partial charge in [-0.15, -0.1) is 0 Å². The molecule has 110 valence electrons. The number of carboxylic acid groups (broad SMARTS) is 1. The van der Waals surface area contributed by atoms with Gasteiger partial charge in [0, 0.05) is 6.04 Å². The summed E-state index contributed by atoms with van der Waals surface area (Å²) in [7, 11) is 0. The molecule has 1 aliphatic rings. The Morgan fingerprint density at radius 2 is 2.05 bits per heavy atom. The Balaban J connectivity index is 2.37. The maximum atomic E-state index is 11.7. The van der Waals surface area contributed by atoms with E-state index in [0.717, 1.165) is 25.8 Å². The lowest BCUT2D eigenvalue weighted by Crippen LogP contribution is -2.55. The van der Waals surface area contributed by atoms with Gasteiger partial charge in [-0.25, -0.2) is 0 Å². The molecule has 0 spiro atoms. The molecule has 0 saturated carbocycles. The van der Waals surface area contributed by atoms with Crippen LogP contribution in [-0.4, -0.2) is 28.1 Å². The van der Waals surface area contributed by atoms with Crippen molar-refractivity contribution in [2.45, 2.75) is 58.5 Å². The van der Waals surface area contributed by atoms with Gasteiger partial charge in [-0.05, 0) is 64.6 Å². The molecule has 1 saturated heterocycles. The van der Waals surface area contributed by atoms with E-state index in [4.69, 9.17) is 0 Å². The number of piperidine rings is 1. The maximum Gasteiger partial charge on any atom is 0.323 e. The minimum Gasteiger partial charge on any atom is -0.480 e. The fourth-order valence-corrected chi connectivity index (χ4v) is 3.37. The van der Waals surface area contributed by atoms with E-state index in [-0.39, 0.29) is 6.04 Å². The molecule has 3 heteroatoms. The Bertz CT molecular complexity index is 512. The average Bonchev–Trinajstić information content (AvgIpc) is 2.41. The van der Waals surface area contributed by atoms with Crippen LogP contribution in [0.1, 0.15) is 55.8 Å². The first-order valence-electron chi connectivity index (χ1n) is 7.43. The Hall–Kier alpha value is -1.35. The number of hydrogen-bond acceptors (Lipinski definition) is 2. The van der Waals surface area contributed by atoms with Crippen LogP contribution in [0.5, 0.6) is 0 Å². The molecule has 1 aliphatic heterocycles. The van der Waals surface area contributed by atoms with Crippen LogP contribution in [0.4, 0.5) is 0 Å². The van der Waals surface area contributed by atoms with Crippen LogP contribution in [0, 0.1) is 13.8 Å². The second kappa shape index (κ2) is 5.57. The molecule has 1 N–H and O–H groups in total. The molecular weight excluding hydrogens is 250 g/mol. The maximum absolute atomic E-state index is 11.7. The highest BCUT2D eigenvalue weighted by Gasteiger charge is 2.43. The molecule has 3 nitrogen and oxygen atoms in total. The van der Waals surface area contributed by atoms with Gasteiger partial charge < -0.3 is 5.11 Å². The third kappa shape index (κ3) is 2.59. The predicted octanol–water partition coefficient (Wildman–Crippen LogP) is 3.69. The molecule has 0 amide bonds. The van der Waals surface area contributed by atoms with Crippen LogP contribution in [0.3, 0.4) is 0 Å². The zero-order valence-corrected chi connectivity index (χ0v) is 12.9. The van der Waals surface area contributed by atoms with Crippen LogP contribution < -0.4 is 0 Å². The first-order valence-corrected chi connectivity index (χ1v) is 7.43. The number of benzene rings is 1. The highest BCUT2D eigenvalue weighted by molar-refractivity contribution is 5.78. The Morgan fingerprint density at radius 1 is 1.35 bits per heavy atom. The minimum atomic E-state index is -0.742. The first-order chi connectivity index (χ1) is 9.36. The standard InChI is InChI=1S/C17H25NO2/c1-12-7-8-13(2)15(11-12)14(3)18-10-6-5-9-17(18,4)16(19)20/h7-8,11,14H,5-6,9-10H2,1-4H3,(H,19,20). The number of nitrogens with zero attached hydrogens (tertiary/aromatic N) is 1. The number of carboxylic acids is 1. The Labute approximate surface area is 121 Å². The van der Waals surface area contributed by atoms with Crippen molar-refractivity contribution in [3.8, 4) is 0 Å². The Kier molecular flexibility index (Phi) is 4.19. The third-order valence-corrected chi connectivity index (χ3v) is 4.76. The zero-order valence-electron chi connectivity index (χ0n) is 12.9. The monoisotopic (exact) mass is 275 g/mol. The van der Waals surface area contributed by atoms with Gasteiger partial charge in [0.05, 0.1) is 0 Å². The number of hydrogen-bond donors (Lipinski definition) is 1. The highest BCUT2D eigenvalue weighted by Crippen LogP contribution is 2.36. The van der Waals surface area contributed by atoms with E-state index in [0.29, 0.717) is 0 Å². The summed E-state index contributed by atoms with van der Waals surface area (Å²) in [5.74, 6) is -0.700. The molecule has 1 fully saturated rings. The SMILES string of the molecule is Cc1ccc(C)c(C(C)N2CCCCC2(C)C(=O)O)c1. The third-order valence-electron chi connectivity index (χ3n) is 4.76. The molecule has 0 aromatic heterocycles. The fourth-order valence-electron chi connectivity index (χ4n) is 3.37. The van der Waals surface area contributed by atoms with Gasteiger partial charge in [0.25, 0.3) is 0 Å². The quantitative estimate of drug-likeness (QED) is 0.914. The molecule has 0 aliphatic carbocycles. The topological polar surface area (TPSA) is 40.5 Å². The van der Waals surface area contributed by atoms with E-state index in [9.17, 15) is 9.90 Å². The van der Waals surface area contributed by atoms with Crippen LogP contribution in [0.2, 0.25) is 0 Å². The molecule has 2 atom stereocenters. The zero-order chi connectivity index (χ0) is 14.9. The molecule has 2 unspecified atom stereocenters. The molecule has 2 rings (SSSR count). The largest absolute Gasteiger partial charge is 0.480 e. The minimum absolute atomic E-state index is 0.135. The van der Waals surface area contributed by atoms with Gasteiger partial charge in [-0.2, -0.15) is 0 Å². The molecule has 0 radical (unpaired) electrons. The number of rotatable bonds is 3. The van der Waals surface area contributed by atoms with Gasteiger partial charge in [0.2, 0.25) is 0 Å². The van der Waals surface area contributed by atoms with Crippen molar-refractivity contribution < 1.29 is 9.90 Å². The molecule has 1 aromatic rings. The summed E-state index contributed by atoms with van der Waals surface area (Å²) < 4.78 is 0. The van der Waals surface area contributed by atoms with Crippen LogP contribution in [0.15, 0.2) is 18.2 Å². The summed E-state index contributed by atoms with van der Waals surface area (Å²) >= 11 is 0. The van der Waals surface area contributed by atoms with E-state index in [2.05, 4.69) is 43.9 Å². The van der Waals surface area contributed by atoms with Crippen molar-refractivity contribution in [1.29, 1.82) is 0 Å². The van der Waals surface area contributed by atoms with Crippen molar-refractivity contribution >= 4 is 5.97 Å². The lowest BCUT2D eigenvalue weighted by Gasteiger charge is -2.45. The number of likely N-dealkylation sites (tertiary alicyclic amines) is 1. The van der Waals surface area contributed by atoms with Crippen molar-refractivity contribution in [3.05, 3.63) is 34.9 Å². The highest BCUT2D eigenvalue weighted by atomic mass is 16.4. The second-order valence-corrected chi connectivity index (χ2v) is 6.27. The summed E-state index contributed by atoms with van der Waals surface area (Å²) in [4.78, 5) is 13.9. The van der Waals surface area contributed by atoms with E-state index < -0.39 is 11.5 Å². The number of carbonyl (C=O) groups is 1. The normalized spacial score (nSPS) is 25.4. The molecule has 1 heterocycles. The van der Waals surface area contributed by atoms with Crippen LogP contribution >= 0.6 is 0 Å². The number of aryl methyl sites for hydroxylation is 2. The average molecular weight is 275 g/mol. The van der Waals surface area contributed by atoms with Crippen LogP contribution in [0.25, 0.3) is 0 Å². The lowest BCUT2D eigenvalue weighted by atomic mass is 9.85. The summed E-state index contributed by atoms with van der Waals surface area (Å²) in [5, 5.41) is 9.65. The summed E-state index contributed by atoms with van der Waals surface area (Å²) in [6, 6.07) is 6.56. The van der Waals surface area contributed by atoms with Gasteiger partial charge in [0.15, 0.2) is 0 Å². The molecule has 1 aromatic carbocycles. The van der Waals surface area contributed by atoms with Crippen molar-refractivity contribution in [3.63, 3.8) is 0 Å². The predicted molar refractivity (Wildman–Crippen MR) is 80.9 cm³/mol. The first kappa shape index (κ1) is 15.0. The fraction of sp³-hybridized carbons (Fsp3) is 0.588. The van der Waals surface area contributed by atoms with Gasteiger partial charge in [0.1, 0.15) is 5.54 Å².